The Morgan fingerprint density at radius 3 is 2.69 bits per heavy atom. The van der Waals surface area contributed by atoms with Crippen LogP contribution in [0.15, 0.2) is 15.7 Å². The molecule has 0 saturated carbocycles. The van der Waals surface area contributed by atoms with Crippen molar-refractivity contribution < 1.29 is 4.21 Å². The zero-order chi connectivity index (χ0) is 12.3. The summed E-state index contributed by atoms with van der Waals surface area (Å²) in [7, 11) is -0.930. The van der Waals surface area contributed by atoms with Crippen molar-refractivity contribution >= 4 is 16.6 Å². The van der Waals surface area contributed by atoms with Crippen molar-refractivity contribution in [1.82, 2.24) is 9.55 Å². The maximum atomic E-state index is 11.4. The highest BCUT2D eigenvalue weighted by atomic mass is 32.2. The van der Waals surface area contributed by atoms with Crippen LogP contribution in [0.1, 0.15) is 13.3 Å². The average molecular weight is 245 g/mol. The second-order valence-corrected chi connectivity index (χ2v) is 5.42. The minimum Gasteiger partial charge on any atom is -0.385 e. The third-order valence-electron chi connectivity index (χ3n) is 2.39. The van der Waals surface area contributed by atoms with Crippen LogP contribution in [0.2, 0.25) is 0 Å². The van der Waals surface area contributed by atoms with E-state index in [0.29, 0.717) is 13.0 Å². The quantitative estimate of drug-likeness (QED) is 0.731. The normalized spacial score (nSPS) is 14.6. The molecule has 0 amide bonds. The van der Waals surface area contributed by atoms with Crippen molar-refractivity contribution in [2.75, 3.05) is 12.0 Å². The Labute approximate surface area is 94.9 Å². The molecule has 16 heavy (non-hydrogen) atoms. The van der Waals surface area contributed by atoms with Crippen molar-refractivity contribution in [3.8, 4) is 0 Å². The Morgan fingerprint density at radius 1 is 1.56 bits per heavy atom. The number of aromatic nitrogens is 2. The van der Waals surface area contributed by atoms with E-state index in [-0.39, 0.29) is 11.1 Å². The predicted octanol–water partition coefficient (Wildman–Crippen LogP) is -0.724. The van der Waals surface area contributed by atoms with E-state index in [9.17, 15) is 13.8 Å². The second kappa shape index (κ2) is 5.11. The zero-order valence-corrected chi connectivity index (χ0v) is 10.0. The molecule has 0 fully saturated rings. The summed E-state index contributed by atoms with van der Waals surface area (Å²) in [4.78, 5) is 24.4. The van der Waals surface area contributed by atoms with Crippen molar-refractivity contribution in [2.24, 2.45) is 0 Å². The van der Waals surface area contributed by atoms with Gasteiger partial charge in [0.1, 0.15) is 5.82 Å². The molecule has 1 aromatic heterocycles. The number of nitrogens with one attached hydrogen (secondary N) is 1. The number of nitrogens with zero attached hydrogens (tertiary/aromatic N) is 1. The van der Waals surface area contributed by atoms with Crippen LogP contribution in [0.25, 0.3) is 0 Å². The molecule has 0 aromatic carbocycles. The van der Waals surface area contributed by atoms with Crippen LogP contribution in [-0.4, -0.2) is 25.3 Å². The highest BCUT2D eigenvalue weighted by Gasteiger charge is 2.08. The van der Waals surface area contributed by atoms with Crippen molar-refractivity contribution in [3.63, 3.8) is 0 Å². The van der Waals surface area contributed by atoms with Gasteiger partial charge in [0.05, 0.1) is 0 Å². The number of hydrogen-bond acceptors (Lipinski definition) is 4. The van der Waals surface area contributed by atoms with Gasteiger partial charge < -0.3 is 5.73 Å². The van der Waals surface area contributed by atoms with E-state index in [2.05, 4.69) is 4.98 Å². The standard InChI is InChI=1S/C9H15N3O3S/c1-6(16(2)15)3-4-12-7(10)5-8(13)11-9(12)14/h5-6H,3-4,10H2,1-2H3,(H,11,13,14). The number of aromatic amines is 1. The number of H-pyrrole nitrogens is 1. The molecule has 0 radical (unpaired) electrons. The van der Waals surface area contributed by atoms with Crippen LogP contribution < -0.4 is 17.0 Å². The van der Waals surface area contributed by atoms with Crippen molar-refractivity contribution in [2.45, 2.75) is 25.1 Å². The zero-order valence-electron chi connectivity index (χ0n) is 9.23. The van der Waals surface area contributed by atoms with Crippen LogP contribution in [0.4, 0.5) is 5.82 Å². The monoisotopic (exact) mass is 245 g/mol. The molecule has 0 aliphatic carbocycles. The van der Waals surface area contributed by atoms with Gasteiger partial charge >= 0.3 is 5.69 Å². The van der Waals surface area contributed by atoms with Crippen molar-refractivity contribution in [3.05, 3.63) is 26.9 Å². The molecule has 2 atom stereocenters. The fourth-order valence-electron chi connectivity index (χ4n) is 1.25. The summed E-state index contributed by atoms with van der Waals surface area (Å²) in [5.41, 5.74) is 4.51. The van der Waals surface area contributed by atoms with E-state index in [0.717, 1.165) is 6.07 Å². The topological polar surface area (TPSA) is 97.9 Å². The van der Waals surface area contributed by atoms with Gasteiger partial charge in [-0.3, -0.25) is 18.6 Å². The van der Waals surface area contributed by atoms with Gasteiger partial charge in [-0.25, -0.2) is 4.79 Å². The molecule has 1 heterocycles. The summed E-state index contributed by atoms with van der Waals surface area (Å²) in [5, 5.41) is -0.0155. The highest BCUT2D eigenvalue weighted by molar-refractivity contribution is 7.84. The molecular formula is C9H15N3O3S. The molecule has 0 spiro atoms. The third kappa shape index (κ3) is 3.06. The Kier molecular flexibility index (Phi) is 4.05. The molecule has 3 N–H and O–H groups in total. The van der Waals surface area contributed by atoms with E-state index in [4.69, 9.17) is 5.73 Å². The Hall–Kier alpha value is -1.37. The smallest absolute Gasteiger partial charge is 0.329 e. The number of hydrogen-bond donors (Lipinski definition) is 2. The average Bonchev–Trinajstić information content (AvgIpc) is 2.15. The maximum absolute atomic E-state index is 11.4. The van der Waals surface area contributed by atoms with Gasteiger partial charge in [-0.15, -0.1) is 0 Å². The van der Waals surface area contributed by atoms with Gasteiger partial charge in [0.2, 0.25) is 0 Å². The Morgan fingerprint density at radius 2 is 2.19 bits per heavy atom. The lowest BCUT2D eigenvalue weighted by atomic mass is 10.3. The van der Waals surface area contributed by atoms with Gasteiger partial charge in [-0.05, 0) is 6.42 Å². The molecule has 1 rings (SSSR count). The van der Waals surface area contributed by atoms with Gasteiger partial charge in [0.25, 0.3) is 5.56 Å². The van der Waals surface area contributed by atoms with Crippen LogP contribution in [0.5, 0.6) is 0 Å². The summed E-state index contributed by atoms with van der Waals surface area (Å²) < 4.78 is 12.4. The van der Waals surface area contributed by atoms with Gasteiger partial charge in [-0.1, -0.05) is 6.92 Å². The molecule has 0 aliphatic heterocycles. The van der Waals surface area contributed by atoms with Gasteiger partial charge in [0.15, 0.2) is 0 Å². The summed E-state index contributed by atoms with van der Waals surface area (Å²) in [6, 6.07) is 1.16. The maximum Gasteiger partial charge on any atom is 0.329 e. The van der Waals surface area contributed by atoms with Crippen LogP contribution in [-0.2, 0) is 17.3 Å². The lowest BCUT2D eigenvalue weighted by Crippen LogP contribution is -2.32. The molecule has 0 saturated heterocycles. The first kappa shape index (κ1) is 12.7. The number of nitrogen functional groups attached to an aromatic ring is 1. The molecule has 0 aliphatic rings. The minimum absolute atomic E-state index is 0.0155. The number of anilines is 1. The summed E-state index contributed by atoms with van der Waals surface area (Å²) in [6.07, 6.45) is 2.18. The first-order valence-corrected chi connectivity index (χ1v) is 6.46. The Balaban J connectivity index is 2.87. The minimum atomic E-state index is -0.930. The fraction of sp³-hybridized carbons (Fsp3) is 0.556. The lowest BCUT2D eigenvalue weighted by molar-refractivity contribution is 0.598. The first-order valence-electron chi connectivity index (χ1n) is 4.83. The number of nitrogens with two attached hydrogens (primary N) is 1. The number of rotatable bonds is 4. The molecule has 0 bridgehead atoms. The van der Waals surface area contributed by atoms with E-state index >= 15 is 0 Å². The van der Waals surface area contributed by atoms with Crippen LogP contribution in [0.3, 0.4) is 0 Å². The van der Waals surface area contributed by atoms with Crippen LogP contribution >= 0.6 is 0 Å². The summed E-state index contributed by atoms with van der Waals surface area (Å²) in [6.45, 7) is 2.19. The van der Waals surface area contributed by atoms with E-state index in [1.165, 1.54) is 4.57 Å². The largest absolute Gasteiger partial charge is 0.385 e. The molecule has 7 heteroatoms. The van der Waals surface area contributed by atoms with Gasteiger partial charge in [-0.2, -0.15) is 0 Å². The third-order valence-corrected chi connectivity index (χ3v) is 3.76. The van der Waals surface area contributed by atoms with E-state index in [1.54, 1.807) is 6.26 Å². The van der Waals surface area contributed by atoms with Crippen molar-refractivity contribution in [1.29, 1.82) is 0 Å². The predicted molar refractivity (Wildman–Crippen MR) is 63.9 cm³/mol. The molecule has 2 unspecified atom stereocenters. The summed E-state index contributed by atoms with van der Waals surface area (Å²) >= 11 is 0. The highest BCUT2D eigenvalue weighted by Crippen LogP contribution is 2.03. The first-order chi connectivity index (χ1) is 7.41. The summed E-state index contributed by atoms with van der Waals surface area (Å²) in [5.74, 6) is 0.128. The lowest BCUT2D eigenvalue weighted by Gasteiger charge is -2.11. The SMILES string of the molecule is CC(CCn1c(N)cc(=O)[nH]c1=O)S(C)=O. The second-order valence-electron chi connectivity index (χ2n) is 3.61. The molecule has 90 valence electrons. The van der Waals surface area contributed by atoms with E-state index in [1.807, 2.05) is 6.92 Å². The fourth-order valence-corrected chi connectivity index (χ4v) is 1.68. The molecular weight excluding hydrogens is 230 g/mol. The van der Waals surface area contributed by atoms with E-state index < -0.39 is 22.0 Å². The Bertz CT molecular complexity index is 505. The molecule has 6 nitrogen and oxygen atoms in total. The van der Waals surface area contributed by atoms with Crippen LogP contribution in [0, 0.1) is 0 Å². The van der Waals surface area contributed by atoms with Gasteiger partial charge in [0, 0.05) is 34.9 Å². The molecule has 1 aromatic rings.